The van der Waals surface area contributed by atoms with Crippen molar-refractivity contribution in [3.8, 4) is 5.75 Å². The summed E-state index contributed by atoms with van der Waals surface area (Å²) in [6.45, 7) is 2.33. The molecule has 0 radical (unpaired) electrons. The second-order valence-corrected chi connectivity index (χ2v) is 8.61. The minimum atomic E-state index is -0.897. The Morgan fingerprint density at radius 3 is 2.67 bits per heavy atom. The van der Waals surface area contributed by atoms with Crippen molar-refractivity contribution >= 4 is 11.8 Å². The number of ether oxygens (including phenoxy) is 1. The van der Waals surface area contributed by atoms with Crippen LogP contribution in [0, 0.1) is 0 Å². The molecule has 0 saturated heterocycles. The average molecular weight is 407 g/mol. The van der Waals surface area contributed by atoms with Crippen molar-refractivity contribution in [3.05, 3.63) is 65.2 Å². The summed E-state index contributed by atoms with van der Waals surface area (Å²) in [4.78, 5) is 28.9. The second-order valence-electron chi connectivity index (χ2n) is 8.61. The van der Waals surface area contributed by atoms with Gasteiger partial charge in [0.1, 0.15) is 11.3 Å². The number of carbonyl (C=O) groups excluding carboxylic acids is 2. The van der Waals surface area contributed by atoms with Crippen LogP contribution in [0.2, 0.25) is 0 Å². The summed E-state index contributed by atoms with van der Waals surface area (Å²) < 4.78 is 5.28. The normalized spacial score (nSPS) is 21.8. The number of benzene rings is 2. The molecule has 1 aliphatic carbocycles. The van der Waals surface area contributed by atoms with Gasteiger partial charge in [-0.05, 0) is 49.1 Å². The topological polar surface area (TPSA) is 58.6 Å². The van der Waals surface area contributed by atoms with E-state index in [4.69, 9.17) is 4.74 Å². The van der Waals surface area contributed by atoms with Gasteiger partial charge in [0.05, 0.1) is 7.11 Å². The lowest BCUT2D eigenvalue weighted by Gasteiger charge is -2.49. The maximum Gasteiger partial charge on any atom is 0.255 e. The van der Waals surface area contributed by atoms with Gasteiger partial charge in [0.15, 0.2) is 0 Å². The van der Waals surface area contributed by atoms with Crippen molar-refractivity contribution in [2.24, 2.45) is 0 Å². The molecule has 2 aromatic rings. The Kier molecular flexibility index (Phi) is 5.80. The van der Waals surface area contributed by atoms with Gasteiger partial charge in [-0.2, -0.15) is 0 Å². The van der Waals surface area contributed by atoms with Gasteiger partial charge in [0.25, 0.3) is 5.91 Å². The van der Waals surface area contributed by atoms with Crippen LogP contribution >= 0.6 is 0 Å². The molecule has 1 fully saturated rings. The highest BCUT2D eigenvalue weighted by Crippen LogP contribution is 2.37. The zero-order chi connectivity index (χ0) is 21.1. The SMILES string of the molecule is COc1cccc(CNC(=O)C2(C)Cc3ccccc3C(=O)N2C2CCCCC2)c1. The van der Waals surface area contributed by atoms with E-state index in [2.05, 4.69) is 5.32 Å². The molecule has 0 aromatic heterocycles. The van der Waals surface area contributed by atoms with Crippen molar-refractivity contribution in [1.29, 1.82) is 0 Å². The zero-order valence-corrected chi connectivity index (χ0v) is 17.8. The number of fused-ring (bicyclic) bond motifs is 1. The molecule has 5 nitrogen and oxygen atoms in total. The van der Waals surface area contributed by atoms with Gasteiger partial charge < -0.3 is 15.0 Å². The number of nitrogens with zero attached hydrogens (tertiary/aromatic N) is 1. The molecule has 1 saturated carbocycles. The molecular formula is C25H30N2O3. The average Bonchev–Trinajstić information content (AvgIpc) is 2.78. The first-order valence-electron chi connectivity index (χ1n) is 10.9. The fourth-order valence-corrected chi connectivity index (χ4v) is 4.95. The third-order valence-electron chi connectivity index (χ3n) is 6.55. The fraction of sp³-hybridized carbons (Fsp3) is 0.440. The second kappa shape index (κ2) is 8.50. The van der Waals surface area contributed by atoms with Crippen molar-refractivity contribution in [2.45, 2.75) is 63.6 Å². The van der Waals surface area contributed by atoms with Gasteiger partial charge in [0, 0.05) is 24.6 Å². The standard InChI is InChI=1S/C25H30N2O3/c1-25(24(29)26-17-18-9-8-13-21(15-18)30-2)16-19-10-6-7-14-22(19)23(28)27(25)20-11-4-3-5-12-20/h6-10,13-15,20H,3-5,11-12,16-17H2,1-2H3,(H,26,29). The molecule has 1 aliphatic heterocycles. The van der Waals surface area contributed by atoms with Crippen LogP contribution < -0.4 is 10.1 Å². The Hall–Kier alpha value is -2.82. The van der Waals surface area contributed by atoms with Gasteiger partial charge in [-0.25, -0.2) is 0 Å². The van der Waals surface area contributed by atoms with E-state index >= 15 is 0 Å². The highest BCUT2D eigenvalue weighted by molar-refractivity contribution is 6.02. The number of hydrogen-bond acceptors (Lipinski definition) is 3. The van der Waals surface area contributed by atoms with Gasteiger partial charge >= 0.3 is 0 Å². The van der Waals surface area contributed by atoms with Crippen molar-refractivity contribution < 1.29 is 14.3 Å². The summed E-state index contributed by atoms with van der Waals surface area (Å²) in [7, 11) is 1.63. The first-order valence-corrected chi connectivity index (χ1v) is 10.9. The Morgan fingerprint density at radius 2 is 1.90 bits per heavy atom. The summed E-state index contributed by atoms with van der Waals surface area (Å²) in [6, 6.07) is 15.5. The zero-order valence-electron chi connectivity index (χ0n) is 17.8. The molecule has 1 heterocycles. The molecule has 158 valence electrons. The predicted octanol–water partition coefficient (Wildman–Crippen LogP) is 4.10. The van der Waals surface area contributed by atoms with E-state index in [1.54, 1.807) is 7.11 Å². The molecular weight excluding hydrogens is 376 g/mol. The summed E-state index contributed by atoms with van der Waals surface area (Å²) in [5, 5.41) is 3.09. The lowest BCUT2D eigenvalue weighted by molar-refractivity contribution is -0.133. The highest BCUT2D eigenvalue weighted by atomic mass is 16.5. The van der Waals surface area contributed by atoms with Gasteiger partial charge in [-0.3, -0.25) is 9.59 Å². The largest absolute Gasteiger partial charge is 0.497 e. The minimum Gasteiger partial charge on any atom is -0.497 e. The first-order chi connectivity index (χ1) is 14.5. The molecule has 2 aromatic carbocycles. The lowest BCUT2D eigenvalue weighted by Crippen LogP contribution is -2.65. The van der Waals surface area contributed by atoms with E-state index in [1.165, 1.54) is 6.42 Å². The molecule has 2 amide bonds. The first kappa shape index (κ1) is 20.5. The van der Waals surface area contributed by atoms with E-state index in [0.29, 0.717) is 13.0 Å². The van der Waals surface area contributed by atoms with Crippen LogP contribution in [0.15, 0.2) is 48.5 Å². The maximum absolute atomic E-state index is 13.5. The minimum absolute atomic E-state index is 0.0113. The summed E-state index contributed by atoms with van der Waals surface area (Å²) in [5.74, 6) is 0.653. The highest BCUT2D eigenvalue weighted by Gasteiger charge is 2.49. The van der Waals surface area contributed by atoms with Crippen LogP contribution in [0.1, 0.15) is 60.5 Å². The van der Waals surface area contributed by atoms with Crippen LogP contribution in [0.25, 0.3) is 0 Å². The van der Waals surface area contributed by atoms with Crippen LogP contribution in [0.4, 0.5) is 0 Å². The van der Waals surface area contributed by atoms with Gasteiger partial charge in [-0.1, -0.05) is 49.6 Å². The molecule has 0 spiro atoms. The maximum atomic E-state index is 13.5. The van der Waals surface area contributed by atoms with Crippen LogP contribution in [0.5, 0.6) is 5.75 Å². The van der Waals surface area contributed by atoms with Crippen molar-refractivity contribution in [1.82, 2.24) is 10.2 Å². The number of amides is 2. The number of methoxy groups -OCH3 is 1. The van der Waals surface area contributed by atoms with E-state index in [-0.39, 0.29) is 17.9 Å². The Bertz CT molecular complexity index is 935. The summed E-state index contributed by atoms with van der Waals surface area (Å²) in [5.41, 5.74) is 1.76. The predicted molar refractivity (Wildman–Crippen MR) is 116 cm³/mol. The molecule has 2 aliphatic rings. The number of carbonyl (C=O) groups is 2. The van der Waals surface area contributed by atoms with E-state index in [1.807, 2.05) is 60.4 Å². The third kappa shape index (κ3) is 3.81. The summed E-state index contributed by atoms with van der Waals surface area (Å²) in [6.07, 6.45) is 5.89. The Morgan fingerprint density at radius 1 is 1.13 bits per heavy atom. The smallest absolute Gasteiger partial charge is 0.255 e. The van der Waals surface area contributed by atoms with Crippen LogP contribution in [0.3, 0.4) is 0 Å². The monoisotopic (exact) mass is 406 g/mol. The quantitative estimate of drug-likeness (QED) is 0.813. The van der Waals surface area contributed by atoms with Gasteiger partial charge in [0.2, 0.25) is 5.91 Å². The Balaban J connectivity index is 1.61. The molecule has 1 unspecified atom stereocenters. The van der Waals surface area contributed by atoms with E-state index in [0.717, 1.165) is 48.1 Å². The molecule has 30 heavy (non-hydrogen) atoms. The molecule has 5 heteroatoms. The number of hydrogen-bond donors (Lipinski definition) is 1. The lowest BCUT2D eigenvalue weighted by atomic mass is 9.79. The number of nitrogens with one attached hydrogen (secondary N) is 1. The molecule has 1 atom stereocenters. The van der Waals surface area contributed by atoms with Crippen molar-refractivity contribution in [2.75, 3.05) is 7.11 Å². The molecule has 0 bridgehead atoms. The summed E-state index contributed by atoms with van der Waals surface area (Å²) >= 11 is 0. The van der Waals surface area contributed by atoms with Crippen molar-refractivity contribution in [3.63, 3.8) is 0 Å². The van der Waals surface area contributed by atoms with E-state index < -0.39 is 5.54 Å². The third-order valence-corrected chi connectivity index (χ3v) is 6.55. The molecule has 1 N–H and O–H groups in total. The van der Waals surface area contributed by atoms with Crippen LogP contribution in [-0.2, 0) is 17.8 Å². The van der Waals surface area contributed by atoms with Crippen LogP contribution in [-0.4, -0.2) is 35.4 Å². The number of rotatable bonds is 5. The fourth-order valence-electron chi connectivity index (χ4n) is 4.95. The van der Waals surface area contributed by atoms with E-state index in [9.17, 15) is 9.59 Å². The molecule has 4 rings (SSSR count). The Labute approximate surface area is 178 Å². The van der Waals surface area contributed by atoms with Gasteiger partial charge in [-0.15, -0.1) is 0 Å².